The molecule has 1 aliphatic rings. The summed E-state index contributed by atoms with van der Waals surface area (Å²) in [5.74, 6) is 0. The van der Waals surface area contributed by atoms with Gasteiger partial charge in [0.2, 0.25) is 0 Å². The summed E-state index contributed by atoms with van der Waals surface area (Å²) in [6, 6.07) is 9.82. The number of fused-ring (bicyclic) bond motifs is 1. The summed E-state index contributed by atoms with van der Waals surface area (Å²) in [4.78, 5) is 18.3. The number of aromatic nitrogens is 3. The van der Waals surface area contributed by atoms with Crippen molar-refractivity contribution in [2.45, 2.75) is 12.5 Å². The van der Waals surface area contributed by atoms with Crippen molar-refractivity contribution in [1.82, 2.24) is 14.8 Å². The van der Waals surface area contributed by atoms with E-state index in [1.165, 1.54) is 4.68 Å². The number of hydrogen-bond acceptors (Lipinski definition) is 7. The minimum Gasteiger partial charge on any atom is -0.424 e. The summed E-state index contributed by atoms with van der Waals surface area (Å²) in [7, 11) is 1.64. The van der Waals surface area contributed by atoms with Gasteiger partial charge in [-0.3, -0.25) is 4.79 Å². The summed E-state index contributed by atoms with van der Waals surface area (Å²) in [6.07, 6.45) is 2.61. The van der Waals surface area contributed by atoms with Crippen LogP contribution in [0.1, 0.15) is 6.42 Å². The lowest BCUT2D eigenvalue weighted by Gasteiger charge is -2.34. The van der Waals surface area contributed by atoms with Crippen molar-refractivity contribution in [2.75, 3.05) is 36.5 Å². The molecule has 2 aromatic heterocycles. The quantitative estimate of drug-likeness (QED) is 0.744. The largest absolute Gasteiger partial charge is 0.424 e. The van der Waals surface area contributed by atoms with E-state index in [-0.39, 0.29) is 11.7 Å². The van der Waals surface area contributed by atoms with Crippen LogP contribution in [0.5, 0.6) is 0 Å². The van der Waals surface area contributed by atoms with Gasteiger partial charge in [0, 0.05) is 32.7 Å². The second-order valence-electron chi connectivity index (χ2n) is 6.32. The first-order chi connectivity index (χ1) is 12.7. The third-order valence-corrected chi connectivity index (χ3v) is 4.49. The van der Waals surface area contributed by atoms with Crippen molar-refractivity contribution in [1.29, 1.82) is 0 Å². The fraction of sp³-hybridized carbons (Fsp3) is 0.389. The monoisotopic (exact) mass is 355 g/mol. The van der Waals surface area contributed by atoms with Crippen molar-refractivity contribution in [3.63, 3.8) is 0 Å². The van der Waals surface area contributed by atoms with E-state index in [1.807, 2.05) is 24.3 Å². The predicted octanol–water partition coefficient (Wildman–Crippen LogP) is 1.63. The van der Waals surface area contributed by atoms with Crippen molar-refractivity contribution in [3.05, 3.63) is 46.9 Å². The van der Waals surface area contributed by atoms with Crippen LogP contribution in [0, 0.1) is 0 Å². The zero-order valence-electron chi connectivity index (χ0n) is 14.6. The topological polar surface area (TPSA) is 85.4 Å². The summed E-state index contributed by atoms with van der Waals surface area (Å²) in [5, 5.41) is 7.30. The zero-order chi connectivity index (χ0) is 17.9. The number of nitrogens with one attached hydrogen (secondary N) is 1. The van der Waals surface area contributed by atoms with Gasteiger partial charge in [-0.15, -0.1) is 0 Å². The number of anilines is 2. The first kappa shape index (κ1) is 16.6. The molecule has 1 fully saturated rings. The molecule has 0 saturated carbocycles. The molecule has 0 radical (unpaired) electrons. The van der Waals surface area contributed by atoms with Gasteiger partial charge >= 0.3 is 0 Å². The highest BCUT2D eigenvalue weighted by Gasteiger charge is 2.21. The van der Waals surface area contributed by atoms with Crippen molar-refractivity contribution in [3.8, 4) is 0 Å². The maximum absolute atomic E-state index is 11.8. The van der Waals surface area contributed by atoms with Gasteiger partial charge in [0.05, 0.1) is 24.6 Å². The predicted molar refractivity (Wildman–Crippen MR) is 98.5 cm³/mol. The molecule has 1 aromatic carbocycles. The minimum absolute atomic E-state index is 0.0738. The van der Waals surface area contributed by atoms with E-state index in [2.05, 4.69) is 20.3 Å². The molecular weight excluding hydrogens is 334 g/mol. The number of benzene rings is 1. The van der Waals surface area contributed by atoms with Crippen molar-refractivity contribution in [2.24, 2.45) is 7.05 Å². The Morgan fingerprint density at radius 1 is 1.35 bits per heavy atom. The molecule has 0 bridgehead atoms. The van der Waals surface area contributed by atoms with Crippen LogP contribution in [0.4, 0.5) is 11.7 Å². The van der Waals surface area contributed by atoms with E-state index in [1.54, 1.807) is 19.3 Å². The molecule has 0 unspecified atom stereocenters. The molecule has 0 amide bonds. The number of oxazole rings is 1. The third-order valence-electron chi connectivity index (χ3n) is 4.49. The highest BCUT2D eigenvalue weighted by atomic mass is 16.5. The van der Waals surface area contributed by atoms with E-state index in [9.17, 15) is 4.79 Å². The van der Waals surface area contributed by atoms with Crippen molar-refractivity contribution >= 4 is 22.8 Å². The normalized spacial score (nSPS) is 17.6. The van der Waals surface area contributed by atoms with Gasteiger partial charge in [-0.25, -0.2) is 4.68 Å². The Morgan fingerprint density at radius 3 is 3.08 bits per heavy atom. The molecule has 8 heteroatoms. The van der Waals surface area contributed by atoms with Crippen LogP contribution in [0.3, 0.4) is 0 Å². The van der Waals surface area contributed by atoms with Gasteiger partial charge in [-0.1, -0.05) is 12.1 Å². The maximum atomic E-state index is 11.8. The molecule has 0 aliphatic carbocycles. The van der Waals surface area contributed by atoms with Gasteiger partial charge in [-0.05, 0) is 18.6 Å². The number of aryl methyl sites for hydroxylation is 1. The van der Waals surface area contributed by atoms with Crippen LogP contribution in [-0.4, -0.2) is 47.1 Å². The van der Waals surface area contributed by atoms with Gasteiger partial charge in [0.1, 0.15) is 5.52 Å². The summed E-state index contributed by atoms with van der Waals surface area (Å²) in [6.45, 7) is 2.80. The minimum atomic E-state index is -0.108. The number of morpholine rings is 1. The van der Waals surface area contributed by atoms with Crippen LogP contribution in [0.25, 0.3) is 11.1 Å². The Kier molecular flexibility index (Phi) is 4.57. The van der Waals surface area contributed by atoms with Crippen LogP contribution in [0.15, 0.2) is 45.7 Å². The van der Waals surface area contributed by atoms with E-state index in [0.29, 0.717) is 19.2 Å². The van der Waals surface area contributed by atoms with E-state index in [4.69, 9.17) is 9.15 Å². The lowest BCUT2D eigenvalue weighted by atomic mass is 10.2. The van der Waals surface area contributed by atoms with E-state index in [0.717, 1.165) is 36.3 Å². The first-order valence-electron chi connectivity index (χ1n) is 8.68. The highest BCUT2D eigenvalue weighted by Crippen LogP contribution is 2.19. The van der Waals surface area contributed by atoms with Crippen molar-refractivity contribution < 1.29 is 9.15 Å². The zero-order valence-corrected chi connectivity index (χ0v) is 14.6. The van der Waals surface area contributed by atoms with Crippen LogP contribution < -0.4 is 15.8 Å². The second kappa shape index (κ2) is 7.17. The molecule has 26 heavy (non-hydrogen) atoms. The average molecular weight is 355 g/mol. The second-order valence-corrected chi connectivity index (χ2v) is 6.32. The smallest absolute Gasteiger partial charge is 0.295 e. The van der Waals surface area contributed by atoms with Gasteiger partial charge in [0.15, 0.2) is 5.58 Å². The number of nitrogens with zero attached hydrogens (tertiary/aromatic N) is 4. The Labute approximate surface area is 150 Å². The molecule has 1 atom stereocenters. The fourth-order valence-electron chi connectivity index (χ4n) is 3.05. The Bertz CT molecular complexity index is 918. The Balaban J connectivity index is 1.33. The summed E-state index contributed by atoms with van der Waals surface area (Å²) >= 11 is 0. The van der Waals surface area contributed by atoms with Gasteiger partial charge < -0.3 is 19.4 Å². The molecule has 3 aromatic rings. The summed E-state index contributed by atoms with van der Waals surface area (Å²) < 4.78 is 12.8. The standard InChI is InChI=1S/C18H21N5O3/c1-22-17(24)10-13(11-20-22)23-8-9-25-14(12-23)6-7-19-18-21-15-4-2-3-5-16(15)26-18/h2-5,10-11,14H,6-9,12H2,1H3,(H,19,21)/t14-/m1/s1. The molecule has 136 valence electrons. The van der Waals surface area contributed by atoms with Gasteiger partial charge in [0.25, 0.3) is 11.6 Å². The van der Waals surface area contributed by atoms with E-state index >= 15 is 0 Å². The highest BCUT2D eigenvalue weighted by molar-refractivity contribution is 5.74. The van der Waals surface area contributed by atoms with Crippen LogP contribution in [-0.2, 0) is 11.8 Å². The molecule has 3 heterocycles. The summed E-state index contributed by atoms with van der Waals surface area (Å²) in [5.41, 5.74) is 2.35. The number of para-hydroxylation sites is 2. The Hall–Kier alpha value is -2.87. The number of hydrogen-bond donors (Lipinski definition) is 1. The maximum Gasteiger partial charge on any atom is 0.295 e. The third kappa shape index (κ3) is 3.55. The average Bonchev–Trinajstić information content (AvgIpc) is 3.07. The number of rotatable bonds is 5. The SMILES string of the molecule is Cn1ncc(N2CCO[C@H](CCNc3nc4ccccc4o3)C2)cc1=O. The van der Waals surface area contributed by atoms with Gasteiger partial charge in [-0.2, -0.15) is 10.1 Å². The molecule has 1 aliphatic heterocycles. The Morgan fingerprint density at radius 2 is 2.23 bits per heavy atom. The van der Waals surface area contributed by atoms with Crippen LogP contribution in [0.2, 0.25) is 0 Å². The first-order valence-corrected chi connectivity index (χ1v) is 8.68. The molecule has 8 nitrogen and oxygen atoms in total. The molecule has 4 rings (SSSR count). The molecular formula is C18H21N5O3. The molecule has 1 N–H and O–H groups in total. The molecule has 0 spiro atoms. The van der Waals surface area contributed by atoms with E-state index < -0.39 is 0 Å². The lowest BCUT2D eigenvalue weighted by Crippen LogP contribution is -2.43. The lowest BCUT2D eigenvalue weighted by molar-refractivity contribution is 0.0374. The van der Waals surface area contributed by atoms with Crippen LogP contribution >= 0.6 is 0 Å². The fourth-order valence-corrected chi connectivity index (χ4v) is 3.05. The number of ether oxygens (including phenoxy) is 1. The molecule has 1 saturated heterocycles.